The number of hydrogen-bond acceptors (Lipinski definition) is 6. The van der Waals surface area contributed by atoms with Crippen molar-refractivity contribution in [3.8, 4) is 11.3 Å². The minimum Gasteiger partial charge on any atom is -0.394 e. The van der Waals surface area contributed by atoms with E-state index in [9.17, 15) is 14.3 Å². The van der Waals surface area contributed by atoms with Crippen molar-refractivity contribution in [3.63, 3.8) is 0 Å². The molecule has 0 aliphatic carbocycles. The van der Waals surface area contributed by atoms with Crippen LogP contribution in [-0.4, -0.2) is 55.8 Å². The number of nitrogens with one attached hydrogen (secondary N) is 1. The van der Waals surface area contributed by atoms with Gasteiger partial charge in [-0.05, 0) is 43.5 Å². The van der Waals surface area contributed by atoms with Crippen molar-refractivity contribution in [2.24, 2.45) is 0 Å². The van der Waals surface area contributed by atoms with Crippen molar-refractivity contribution in [3.05, 3.63) is 66.4 Å². The molecular formula is C22H24FN5O3. The van der Waals surface area contributed by atoms with Gasteiger partial charge in [-0.1, -0.05) is 17.3 Å². The molecule has 3 atom stereocenters. The number of pyridine rings is 1. The topological polar surface area (TPSA) is 102 Å². The second-order valence-electron chi connectivity index (χ2n) is 7.51. The Morgan fingerprint density at radius 3 is 2.90 bits per heavy atom. The Balaban J connectivity index is 1.30. The number of rotatable bonds is 7. The highest BCUT2D eigenvalue weighted by Gasteiger charge is 2.32. The lowest BCUT2D eigenvalue weighted by Crippen LogP contribution is -2.51. The van der Waals surface area contributed by atoms with Gasteiger partial charge in [0.05, 0.1) is 30.5 Å². The molecule has 2 N–H and O–H groups in total. The fourth-order valence-corrected chi connectivity index (χ4v) is 3.73. The fourth-order valence-electron chi connectivity index (χ4n) is 3.73. The van der Waals surface area contributed by atoms with Crippen LogP contribution in [0.5, 0.6) is 0 Å². The summed E-state index contributed by atoms with van der Waals surface area (Å²) in [5.74, 6) is -1.08. The van der Waals surface area contributed by atoms with Crippen LogP contribution >= 0.6 is 0 Å². The van der Waals surface area contributed by atoms with Gasteiger partial charge in [-0.3, -0.25) is 14.5 Å². The summed E-state index contributed by atoms with van der Waals surface area (Å²) in [6.45, 7) is 0.384. The first-order chi connectivity index (χ1) is 15.1. The third-order valence-corrected chi connectivity index (χ3v) is 5.41. The van der Waals surface area contributed by atoms with Crippen LogP contribution in [0.15, 0.2) is 55.0 Å². The summed E-state index contributed by atoms with van der Waals surface area (Å²) in [4.78, 5) is 16.5. The molecule has 0 spiro atoms. The van der Waals surface area contributed by atoms with Gasteiger partial charge in [0.1, 0.15) is 17.6 Å². The third kappa shape index (κ3) is 5.12. The van der Waals surface area contributed by atoms with Crippen LogP contribution in [0, 0.1) is 5.82 Å². The first kappa shape index (κ1) is 21.1. The van der Waals surface area contributed by atoms with Crippen LogP contribution in [0.4, 0.5) is 4.39 Å². The lowest BCUT2D eigenvalue weighted by Gasteiger charge is -2.36. The highest BCUT2D eigenvalue weighted by Crippen LogP contribution is 2.23. The van der Waals surface area contributed by atoms with E-state index in [2.05, 4.69) is 20.6 Å². The van der Waals surface area contributed by atoms with Crippen molar-refractivity contribution < 1.29 is 19.0 Å². The van der Waals surface area contributed by atoms with Gasteiger partial charge in [-0.25, -0.2) is 4.39 Å². The van der Waals surface area contributed by atoms with E-state index in [0.717, 1.165) is 11.3 Å². The first-order valence-electron chi connectivity index (χ1n) is 10.3. The van der Waals surface area contributed by atoms with Crippen LogP contribution in [0.1, 0.15) is 29.6 Å². The van der Waals surface area contributed by atoms with E-state index < -0.39 is 17.8 Å². The van der Waals surface area contributed by atoms with E-state index in [1.54, 1.807) is 23.1 Å². The molecule has 31 heavy (non-hydrogen) atoms. The molecular weight excluding hydrogens is 401 g/mol. The zero-order chi connectivity index (χ0) is 21.6. The molecule has 0 unspecified atom stereocenters. The molecule has 0 saturated carbocycles. The maximum Gasteiger partial charge on any atom is 0.254 e. The number of carbonyl (C=O) groups excluding carboxylic acids is 1. The second kappa shape index (κ2) is 9.76. The lowest BCUT2D eigenvalue weighted by molar-refractivity contribution is -0.0912. The quantitative estimate of drug-likeness (QED) is 0.602. The summed E-state index contributed by atoms with van der Waals surface area (Å²) in [5, 5.41) is 20.9. The highest BCUT2D eigenvalue weighted by molar-refractivity contribution is 5.94. The number of aryl methyl sites for hydroxylation is 1. The van der Waals surface area contributed by atoms with E-state index in [0.29, 0.717) is 25.8 Å². The number of halogens is 1. The summed E-state index contributed by atoms with van der Waals surface area (Å²) in [6.07, 6.45) is 6.72. The number of aliphatic hydroxyl groups is 1. The second-order valence-corrected chi connectivity index (χ2v) is 7.51. The van der Waals surface area contributed by atoms with Gasteiger partial charge in [-0.2, -0.15) is 0 Å². The Bertz CT molecular complexity index is 1010. The number of carbonyl (C=O) groups is 1. The van der Waals surface area contributed by atoms with Gasteiger partial charge in [0.2, 0.25) is 0 Å². The molecule has 1 aliphatic heterocycles. The Morgan fingerprint density at radius 1 is 1.26 bits per heavy atom. The summed E-state index contributed by atoms with van der Waals surface area (Å²) < 4.78 is 21.6. The molecule has 1 saturated heterocycles. The number of nitrogens with zero attached hydrogens (tertiary/aromatic N) is 4. The molecule has 0 radical (unpaired) electrons. The average molecular weight is 425 g/mol. The molecule has 162 valence electrons. The van der Waals surface area contributed by atoms with Crippen molar-refractivity contribution >= 4 is 5.91 Å². The summed E-state index contributed by atoms with van der Waals surface area (Å²) in [7, 11) is 0. The molecule has 9 heteroatoms. The molecule has 3 aromatic rings. The molecule has 1 amide bonds. The largest absolute Gasteiger partial charge is 0.394 e. The van der Waals surface area contributed by atoms with E-state index in [4.69, 9.17) is 4.74 Å². The van der Waals surface area contributed by atoms with E-state index in [-0.39, 0.29) is 24.3 Å². The number of ether oxygens (including phenoxy) is 1. The van der Waals surface area contributed by atoms with Crippen molar-refractivity contribution in [2.45, 2.75) is 44.1 Å². The predicted octanol–water partition coefficient (Wildman–Crippen LogP) is 2.21. The molecule has 3 heterocycles. The maximum atomic E-state index is 13.8. The van der Waals surface area contributed by atoms with Gasteiger partial charge in [0.25, 0.3) is 5.91 Å². The Labute approximate surface area is 179 Å². The van der Waals surface area contributed by atoms with Gasteiger partial charge in [0, 0.05) is 24.5 Å². The molecule has 0 bridgehead atoms. The smallest absolute Gasteiger partial charge is 0.254 e. The SMILES string of the molecule is O=C(N[C@@H]1CC[C@@H](CCn2cc(-c3cccnc3)nn2)O[C@H]1CO)c1ccccc1F. The molecule has 1 aliphatic rings. The Morgan fingerprint density at radius 2 is 2.13 bits per heavy atom. The minimum absolute atomic E-state index is 0.0167. The first-order valence-corrected chi connectivity index (χ1v) is 10.3. The summed E-state index contributed by atoms with van der Waals surface area (Å²) in [5.41, 5.74) is 1.63. The number of aliphatic hydroxyl groups excluding tert-OH is 1. The number of benzene rings is 1. The van der Waals surface area contributed by atoms with Crippen LogP contribution in [0.2, 0.25) is 0 Å². The number of amides is 1. The zero-order valence-corrected chi connectivity index (χ0v) is 16.9. The summed E-state index contributed by atoms with van der Waals surface area (Å²) >= 11 is 0. The molecule has 4 rings (SSSR count). The van der Waals surface area contributed by atoms with Crippen molar-refractivity contribution in [1.29, 1.82) is 0 Å². The monoisotopic (exact) mass is 425 g/mol. The van der Waals surface area contributed by atoms with Gasteiger partial charge in [0.15, 0.2) is 0 Å². The predicted molar refractivity (Wildman–Crippen MR) is 111 cm³/mol. The van der Waals surface area contributed by atoms with E-state index in [1.807, 2.05) is 18.3 Å². The van der Waals surface area contributed by atoms with Crippen molar-refractivity contribution in [1.82, 2.24) is 25.3 Å². The molecule has 1 fully saturated rings. The normalized spacial score (nSPS) is 21.0. The Kier molecular flexibility index (Phi) is 6.63. The average Bonchev–Trinajstić information content (AvgIpc) is 3.28. The van der Waals surface area contributed by atoms with Crippen molar-refractivity contribution in [2.75, 3.05) is 6.61 Å². The van der Waals surface area contributed by atoms with E-state index >= 15 is 0 Å². The standard InChI is InChI=1S/C22H24FN5O3/c23-18-6-2-1-5-17(18)22(30)25-19-8-7-16(31-21(19)14-29)9-11-28-13-20(26-27-28)15-4-3-10-24-12-15/h1-6,10,12-13,16,19,21,29H,7-9,11,14H2,(H,25,30)/t16-,19+,21-/m0/s1. The number of aromatic nitrogens is 4. The lowest BCUT2D eigenvalue weighted by atomic mass is 9.96. The van der Waals surface area contributed by atoms with Crippen LogP contribution in [0.3, 0.4) is 0 Å². The van der Waals surface area contributed by atoms with Crippen LogP contribution in [-0.2, 0) is 11.3 Å². The molecule has 1 aromatic carbocycles. The van der Waals surface area contributed by atoms with Crippen LogP contribution < -0.4 is 5.32 Å². The zero-order valence-electron chi connectivity index (χ0n) is 16.9. The fraction of sp³-hybridized carbons (Fsp3) is 0.364. The Hall–Kier alpha value is -3.17. The van der Waals surface area contributed by atoms with Gasteiger partial charge >= 0.3 is 0 Å². The maximum absolute atomic E-state index is 13.8. The summed E-state index contributed by atoms with van der Waals surface area (Å²) in [6, 6.07) is 9.22. The molecule has 8 nitrogen and oxygen atoms in total. The van der Waals surface area contributed by atoms with Gasteiger partial charge in [-0.15, -0.1) is 5.10 Å². The molecule has 2 aromatic heterocycles. The van der Waals surface area contributed by atoms with E-state index in [1.165, 1.54) is 18.2 Å². The number of hydrogen-bond donors (Lipinski definition) is 2. The highest BCUT2D eigenvalue weighted by atomic mass is 19.1. The van der Waals surface area contributed by atoms with Gasteiger partial charge < -0.3 is 15.2 Å². The third-order valence-electron chi connectivity index (χ3n) is 5.41. The van der Waals surface area contributed by atoms with Crippen LogP contribution in [0.25, 0.3) is 11.3 Å². The minimum atomic E-state index is -0.575.